The van der Waals surface area contributed by atoms with Crippen molar-refractivity contribution in [3.05, 3.63) is 66.1 Å². The highest BCUT2D eigenvalue weighted by Gasteiger charge is 2.39. The lowest BCUT2D eigenvalue weighted by Crippen LogP contribution is -2.51. The molecule has 2 aliphatic carbocycles. The molecule has 3 heteroatoms. The number of allylic oxidation sites excluding steroid dienone is 1. The van der Waals surface area contributed by atoms with Gasteiger partial charge in [-0.05, 0) is 67.3 Å². The maximum absolute atomic E-state index is 5.75. The summed E-state index contributed by atoms with van der Waals surface area (Å²) in [7, 11) is 0. The summed E-state index contributed by atoms with van der Waals surface area (Å²) in [5.74, 6) is 3.30. The van der Waals surface area contributed by atoms with Crippen molar-refractivity contribution in [3.63, 3.8) is 0 Å². The van der Waals surface area contributed by atoms with E-state index in [9.17, 15) is 0 Å². The Hall–Kier alpha value is -2.00. The molecule has 1 aromatic carbocycles. The third-order valence-electron chi connectivity index (χ3n) is 5.57. The van der Waals surface area contributed by atoms with Crippen LogP contribution in [0, 0.1) is 11.8 Å². The van der Waals surface area contributed by atoms with Gasteiger partial charge in [-0.25, -0.2) is 0 Å². The van der Waals surface area contributed by atoms with Crippen molar-refractivity contribution in [2.24, 2.45) is 11.8 Å². The van der Waals surface area contributed by atoms with Crippen LogP contribution in [-0.4, -0.2) is 5.54 Å². The summed E-state index contributed by atoms with van der Waals surface area (Å²) in [5.41, 5.74) is 1.61. The summed E-state index contributed by atoms with van der Waals surface area (Å²) in [6.45, 7) is 3.79. The van der Waals surface area contributed by atoms with Crippen molar-refractivity contribution < 1.29 is 9.15 Å². The lowest BCUT2D eigenvalue weighted by molar-refractivity contribution is 0.146. The maximum atomic E-state index is 5.75. The van der Waals surface area contributed by atoms with Gasteiger partial charge in [0.25, 0.3) is 0 Å². The third kappa shape index (κ3) is 3.98. The first-order valence-corrected chi connectivity index (χ1v) is 9.37. The van der Waals surface area contributed by atoms with Gasteiger partial charge in [0.05, 0.1) is 6.26 Å². The second kappa shape index (κ2) is 7.09. The topological polar surface area (TPSA) is 34.4 Å². The Balaban J connectivity index is 1.33. The molecular formula is C22H27NO2. The van der Waals surface area contributed by atoms with Crippen LogP contribution in [0.25, 0.3) is 0 Å². The zero-order valence-electron chi connectivity index (χ0n) is 14.9. The molecule has 0 spiro atoms. The lowest BCUT2D eigenvalue weighted by Gasteiger charge is -2.46. The largest absolute Gasteiger partial charge is 0.486 e. The fraction of sp³-hybridized carbons (Fsp3) is 0.455. The van der Waals surface area contributed by atoms with Crippen molar-refractivity contribution >= 4 is 0 Å². The Morgan fingerprint density at radius 3 is 2.88 bits per heavy atom. The lowest BCUT2D eigenvalue weighted by atomic mass is 9.66. The predicted octanol–water partition coefficient (Wildman–Crippen LogP) is 5.08. The maximum Gasteiger partial charge on any atom is 0.146 e. The van der Waals surface area contributed by atoms with E-state index >= 15 is 0 Å². The molecule has 0 saturated heterocycles. The molecule has 2 bridgehead atoms. The number of nitrogens with one attached hydrogen (secondary N) is 1. The Morgan fingerprint density at radius 2 is 2.08 bits per heavy atom. The van der Waals surface area contributed by atoms with Crippen molar-refractivity contribution in [3.8, 4) is 5.75 Å². The molecule has 1 N–H and O–H groups in total. The van der Waals surface area contributed by atoms with Gasteiger partial charge < -0.3 is 14.5 Å². The van der Waals surface area contributed by atoms with E-state index in [4.69, 9.17) is 9.15 Å². The minimum Gasteiger partial charge on any atom is -0.486 e. The summed E-state index contributed by atoms with van der Waals surface area (Å²) in [6, 6.07) is 12.2. The predicted molar refractivity (Wildman–Crippen MR) is 99.3 cm³/mol. The van der Waals surface area contributed by atoms with Gasteiger partial charge >= 0.3 is 0 Å². The number of furan rings is 1. The van der Waals surface area contributed by atoms with E-state index in [-0.39, 0.29) is 0 Å². The smallest absolute Gasteiger partial charge is 0.146 e. The second-order valence-corrected chi connectivity index (χ2v) is 7.79. The van der Waals surface area contributed by atoms with Gasteiger partial charge in [0.1, 0.15) is 18.1 Å². The second-order valence-electron chi connectivity index (χ2n) is 7.79. The molecular weight excluding hydrogens is 310 g/mol. The molecule has 0 amide bonds. The van der Waals surface area contributed by atoms with Crippen LogP contribution in [0.2, 0.25) is 0 Å². The van der Waals surface area contributed by atoms with E-state index < -0.39 is 0 Å². The molecule has 2 aromatic rings. The molecule has 0 radical (unpaired) electrons. The van der Waals surface area contributed by atoms with E-state index in [1.54, 1.807) is 6.26 Å². The summed E-state index contributed by atoms with van der Waals surface area (Å²) in [5, 5.41) is 3.88. The average Bonchev–Trinajstić information content (AvgIpc) is 3.12. The highest BCUT2D eigenvalue weighted by atomic mass is 16.5. The molecule has 2 aliphatic rings. The number of hydrogen-bond acceptors (Lipinski definition) is 3. The van der Waals surface area contributed by atoms with Gasteiger partial charge in [0, 0.05) is 12.1 Å². The fourth-order valence-electron chi connectivity index (χ4n) is 4.49. The Kier molecular flexibility index (Phi) is 4.67. The molecule has 3 atom stereocenters. The highest BCUT2D eigenvalue weighted by Crippen LogP contribution is 2.42. The Labute approximate surface area is 150 Å². The molecule has 1 aromatic heterocycles. The van der Waals surface area contributed by atoms with E-state index in [0.717, 1.165) is 36.3 Å². The molecule has 1 fully saturated rings. The van der Waals surface area contributed by atoms with Gasteiger partial charge in [-0.15, -0.1) is 0 Å². The molecule has 3 nitrogen and oxygen atoms in total. The summed E-state index contributed by atoms with van der Waals surface area (Å²) < 4.78 is 11.0. The van der Waals surface area contributed by atoms with Gasteiger partial charge in [-0.3, -0.25) is 0 Å². The van der Waals surface area contributed by atoms with Gasteiger partial charge in [0.2, 0.25) is 0 Å². The molecule has 1 saturated carbocycles. The van der Waals surface area contributed by atoms with Gasteiger partial charge in [-0.2, -0.15) is 0 Å². The molecule has 1 heterocycles. The first-order chi connectivity index (χ1) is 12.2. The molecule has 3 unspecified atom stereocenters. The van der Waals surface area contributed by atoms with Crippen LogP contribution in [0.15, 0.2) is 59.2 Å². The molecule has 132 valence electrons. The van der Waals surface area contributed by atoms with Crippen molar-refractivity contribution in [2.45, 2.75) is 51.3 Å². The van der Waals surface area contributed by atoms with E-state index in [0.29, 0.717) is 12.1 Å². The van der Waals surface area contributed by atoms with Crippen LogP contribution in [0.3, 0.4) is 0 Å². The average molecular weight is 337 g/mol. The fourth-order valence-corrected chi connectivity index (χ4v) is 4.49. The summed E-state index contributed by atoms with van der Waals surface area (Å²) in [6.07, 6.45) is 11.6. The van der Waals surface area contributed by atoms with E-state index in [2.05, 4.69) is 36.5 Å². The third-order valence-corrected chi connectivity index (χ3v) is 5.57. The van der Waals surface area contributed by atoms with Crippen LogP contribution in [0.5, 0.6) is 5.75 Å². The van der Waals surface area contributed by atoms with Crippen LogP contribution in [-0.2, 0) is 13.2 Å². The molecule has 25 heavy (non-hydrogen) atoms. The Bertz CT molecular complexity index is 704. The van der Waals surface area contributed by atoms with E-state index in [1.807, 2.05) is 24.3 Å². The number of hydrogen-bond donors (Lipinski definition) is 1. The monoisotopic (exact) mass is 337 g/mol. The minimum absolute atomic E-state index is 0.297. The van der Waals surface area contributed by atoms with Gasteiger partial charge in [0.15, 0.2) is 0 Å². The summed E-state index contributed by atoms with van der Waals surface area (Å²) in [4.78, 5) is 0. The van der Waals surface area contributed by atoms with Crippen molar-refractivity contribution in [2.75, 3.05) is 0 Å². The normalized spacial score (nSPS) is 28.0. The number of rotatable bonds is 6. The first-order valence-electron chi connectivity index (χ1n) is 9.37. The standard InChI is InChI=1S/C22H27NO2/c1-17-12-19-4-2-10-22(13-17,14-19)23-15-18-6-8-20(9-7-18)25-16-21-5-3-11-24-21/h2-9,11,17,19,23H,10,12-16H2,1H3. The van der Waals surface area contributed by atoms with Crippen LogP contribution >= 0.6 is 0 Å². The number of fused-ring (bicyclic) bond motifs is 2. The van der Waals surface area contributed by atoms with Gasteiger partial charge in [-0.1, -0.05) is 31.2 Å². The summed E-state index contributed by atoms with van der Waals surface area (Å²) >= 11 is 0. The molecule has 4 rings (SSSR count). The van der Waals surface area contributed by atoms with E-state index in [1.165, 1.54) is 24.8 Å². The molecule has 0 aliphatic heterocycles. The van der Waals surface area contributed by atoms with Crippen molar-refractivity contribution in [1.29, 1.82) is 0 Å². The minimum atomic E-state index is 0.297. The highest BCUT2D eigenvalue weighted by molar-refractivity contribution is 5.27. The number of ether oxygens (including phenoxy) is 1. The van der Waals surface area contributed by atoms with Crippen LogP contribution < -0.4 is 10.1 Å². The van der Waals surface area contributed by atoms with Crippen LogP contribution in [0.1, 0.15) is 43.9 Å². The first kappa shape index (κ1) is 16.5. The quantitative estimate of drug-likeness (QED) is 0.746. The van der Waals surface area contributed by atoms with Crippen LogP contribution in [0.4, 0.5) is 0 Å². The zero-order valence-corrected chi connectivity index (χ0v) is 14.9. The SMILES string of the molecule is CC1CC2C=CCC(NCc3ccc(OCc4ccco4)cc3)(C1)C2. The van der Waals surface area contributed by atoms with Crippen molar-refractivity contribution in [1.82, 2.24) is 5.32 Å². The number of benzene rings is 1. The Morgan fingerprint density at radius 1 is 1.20 bits per heavy atom. The zero-order chi connectivity index (χ0) is 17.1.